The molecule has 1 amide bonds. The van der Waals surface area contributed by atoms with Gasteiger partial charge >= 0.3 is 5.97 Å². The molecule has 0 unspecified atom stereocenters. The van der Waals surface area contributed by atoms with Gasteiger partial charge in [0.2, 0.25) is 0 Å². The molecule has 7 heteroatoms. The first-order valence-corrected chi connectivity index (χ1v) is 9.69. The Labute approximate surface area is 180 Å². The van der Waals surface area contributed by atoms with Crippen LogP contribution in [0.1, 0.15) is 21.5 Å². The van der Waals surface area contributed by atoms with Crippen molar-refractivity contribution in [1.82, 2.24) is 4.90 Å². The van der Waals surface area contributed by atoms with E-state index in [9.17, 15) is 14.7 Å². The van der Waals surface area contributed by atoms with Crippen LogP contribution in [0, 0.1) is 6.92 Å². The molecule has 0 saturated heterocycles. The molecular formula is C24H23N3O4. The number of carbonyl (C=O) groups is 2. The summed E-state index contributed by atoms with van der Waals surface area (Å²) >= 11 is 0. The van der Waals surface area contributed by atoms with E-state index in [1.807, 2.05) is 31.2 Å². The third-order valence-electron chi connectivity index (χ3n) is 4.54. The zero-order valence-corrected chi connectivity index (χ0v) is 17.4. The van der Waals surface area contributed by atoms with Crippen LogP contribution in [0.3, 0.4) is 0 Å². The van der Waals surface area contributed by atoms with Crippen molar-refractivity contribution in [1.29, 1.82) is 0 Å². The molecule has 7 nitrogen and oxygen atoms in total. The van der Waals surface area contributed by atoms with Gasteiger partial charge in [-0.3, -0.25) is 4.79 Å². The lowest BCUT2D eigenvalue weighted by Gasteiger charge is -2.17. The largest absolute Gasteiger partial charge is 0.508 e. The Morgan fingerprint density at radius 2 is 1.61 bits per heavy atom. The van der Waals surface area contributed by atoms with Gasteiger partial charge in [-0.1, -0.05) is 42.0 Å². The van der Waals surface area contributed by atoms with Gasteiger partial charge in [-0.25, -0.2) is 4.79 Å². The van der Waals surface area contributed by atoms with Crippen LogP contribution in [0.5, 0.6) is 5.75 Å². The van der Waals surface area contributed by atoms with Crippen LogP contribution in [0.2, 0.25) is 0 Å². The molecule has 158 valence electrons. The standard InChI is InChI=1S/C24H23N3O4/c1-17-7-9-18(10-8-17)15-27(2)23(29)16-31-24(30)21-5-3-4-6-22(21)26-25-19-11-13-20(28)14-12-19/h3-14,28H,15-16H2,1-2H3. The Hall–Kier alpha value is -4.00. The van der Waals surface area contributed by atoms with E-state index in [0.29, 0.717) is 17.9 Å². The van der Waals surface area contributed by atoms with Crippen molar-refractivity contribution in [2.45, 2.75) is 13.5 Å². The average molecular weight is 417 g/mol. The van der Waals surface area contributed by atoms with Gasteiger partial charge in [-0.15, -0.1) is 5.11 Å². The SMILES string of the molecule is Cc1ccc(CN(C)C(=O)COC(=O)c2ccccc2N=Nc2ccc(O)cc2)cc1. The number of aromatic hydroxyl groups is 1. The smallest absolute Gasteiger partial charge is 0.340 e. The lowest BCUT2D eigenvalue weighted by atomic mass is 10.1. The number of hydrogen-bond donors (Lipinski definition) is 1. The summed E-state index contributed by atoms with van der Waals surface area (Å²) < 4.78 is 5.21. The number of hydrogen-bond acceptors (Lipinski definition) is 6. The van der Waals surface area contributed by atoms with E-state index in [-0.39, 0.29) is 23.8 Å². The maximum absolute atomic E-state index is 12.5. The summed E-state index contributed by atoms with van der Waals surface area (Å²) in [5.74, 6) is -0.839. The number of azo groups is 1. The first kappa shape index (κ1) is 21.7. The Morgan fingerprint density at radius 1 is 0.935 bits per heavy atom. The molecule has 0 heterocycles. The molecule has 0 spiro atoms. The zero-order valence-electron chi connectivity index (χ0n) is 17.4. The van der Waals surface area contributed by atoms with E-state index < -0.39 is 5.97 Å². The van der Waals surface area contributed by atoms with Gasteiger partial charge in [0, 0.05) is 13.6 Å². The summed E-state index contributed by atoms with van der Waals surface area (Å²) in [7, 11) is 1.66. The lowest BCUT2D eigenvalue weighted by Crippen LogP contribution is -2.30. The lowest BCUT2D eigenvalue weighted by molar-refractivity contribution is -0.133. The number of ether oxygens (including phenoxy) is 1. The molecule has 0 fully saturated rings. The van der Waals surface area contributed by atoms with E-state index in [4.69, 9.17) is 4.74 Å². The fourth-order valence-electron chi connectivity index (χ4n) is 2.74. The van der Waals surface area contributed by atoms with E-state index in [2.05, 4.69) is 10.2 Å². The van der Waals surface area contributed by atoms with E-state index >= 15 is 0 Å². The maximum atomic E-state index is 12.5. The molecule has 0 aliphatic heterocycles. The first-order valence-electron chi connectivity index (χ1n) is 9.69. The summed E-state index contributed by atoms with van der Waals surface area (Å²) in [4.78, 5) is 26.4. The van der Waals surface area contributed by atoms with Gasteiger partial charge in [-0.05, 0) is 48.9 Å². The second-order valence-electron chi connectivity index (χ2n) is 7.05. The van der Waals surface area contributed by atoms with Gasteiger partial charge in [0.1, 0.15) is 11.4 Å². The van der Waals surface area contributed by atoms with Crippen LogP contribution in [0.4, 0.5) is 11.4 Å². The van der Waals surface area contributed by atoms with Gasteiger partial charge in [0.05, 0.1) is 11.3 Å². The first-order chi connectivity index (χ1) is 14.9. The molecule has 3 aromatic carbocycles. The number of aryl methyl sites for hydroxylation is 1. The van der Waals surface area contributed by atoms with Gasteiger partial charge < -0.3 is 14.7 Å². The third kappa shape index (κ3) is 6.24. The molecule has 0 aliphatic rings. The number of amides is 1. The van der Waals surface area contributed by atoms with Crippen LogP contribution in [-0.2, 0) is 16.1 Å². The molecule has 0 aromatic heterocycles. The molecule has 0 radical (unpaired) electrons. The highest BCUT2D eigenvalue weighted by atomic mass is 16.5. The molecule has 31 heavy (non-hydrogen) atoms. The minimum Gasteiger partial charge on any atom is -0.508 e. The van der Waals surface area contributed by atoms with Crippen LogP contribution >= 0.6 is 0 Å². The number of phenolic OH excluding ortho intramolecular Hbond substituents is 1. The normalized spacial score (nSPS) is 10.8. The fraction of sp³-hybridized carbons (Fsp3) is 0.167. The third-order valence-corrected chi connectivity index (χ3v) is 4.54. The zero-order chi connectivity index (χ0) is 22.2. The Kier molecular flexibility index (Phi) is 7.11. The molecule has 0 bridgehead atoms. The van der Waals surface area contributed by atoms with Crippen molar-refractivity contribution >= 4 is 23.3 Å². The van der Waals surface area contributed by atoms with E-state index in [1.165, 1.54) is 17.0 Å². The van der Waals surface area contributed by atoms with Crippen LogP contribution in [0.25, 0.3) is 0 Å². The summed E-state index contributed by atoms with van der Waals surface area (Å²) in [5, 5.41) is 17.5. The van der Waals surface area contributed by atoms with Gasteiger partial charge in [0.15, 0.2) is 6.61 Å². The Balaban J connectivity index is 1.60. The van der Waals surface area contributed by atoms with Gasteiger partial charge in [-0.2, -0.15) is 5.11 Å². The molecule has 0 aliphatic carbocycles. The second-order valence-corrected chi connectivity index (χ2v) is 7.05. The number of rotatable bonds is 7. The van der Waals surface area contributed by atoms with Crippen molar-refractivity contribution in [2.24, 2.45) is 10.2 Å². The predicted molar refractivity (Wildman–Crippen MR) is 117 cm³/mol. The summed E-state index contributed by atoms with van der Waals surface area (Å²) in [5.41, 5.74) is 3.19. The molecule has 0 saturated carbocycles. The number of likely N-dealkylation sites (N-methyl/N-ethyl adjacent to an activating group) is 1. The van der Waals surface area contributed by atoms with Gasteiger partial charge in [0.25, 0.3) is 5.91 Å². The molecule has 1 N–H and O–H groups in total. The molecular weight excluding hydrogens is 394 g/mol. The topological polar surface area (TPSA) is 91.6 Å². The average Bonchev–Trinajstić information content (AvgIpc) is 2.78. The van der Waals surface area contributed by atoms with Crippen molar-refractivity contribution in [3.8, 4) is 5.75 Å². The highest BCUT2D eigenvalue weighted by Gasteiger charge is 2.16. The van der Waals surface area contributed by atoms with E-state index in [0.717, 1.165) is 11.1 Å². The quantitative estimate of drug-likeness (QED) is 0.436. The number of benzene rings is 3. The maximum Gasteiger partial charge on any atom is 0.340 e. The minimum atomic E-state index is -0.655. The number of phenols is 1. The van der Waals surface area contributed by atoms with Crippen LogP contribution < -0.4 is 0 Å². The van der Waals surface area contributed by atoms with Crippen LogP contribution in [0.15, 0.2) is 83.0 Å². The van der Waals surface area contributed by atoms with E-state index in [1.54, 1.807) is 43.4 Å². The van der Waals surface area contributed by atoms with Crippen molar-refractivity contribution in [3.63, 3.8) is 0 Å². The summed E-state index contributed by atoms with van der Waals surface area (Å²) in [6.07, 6.45) is 0. The van der Waals surface area contributed by atoms with Crippen molar-refractivity contribution in [3.05, 3.63) is 89.5 Å². The predicted octanol–water partition coefficient (Wildman–Crippen LogP) is 4.93. The van der Waals surface area contributed by atoms with Crippen LogP contribution in [-0.4, -0.2) is 35.5 Å². The summed E-state index contributed by atoms with van der Waals surface area (Å²) in [6, 6.07) is 20.7. The number of esters is 1. The highest BCUT2D eigenvalue weighted by Crippen LogP contribution is 2.24. The molecule has 3 aromatic rings. The Morgan fingerprint density at radius 3 is 2.32 bits per heavy atom. The Bertz CT molecular complexity index is 1080. The number of carbonyl (C=O) groups excluding carboxylic acids is 2. The summed E-state index contributed by atoms with van der Waals surface area (Å²) in [6.45, 7) is 2.05. The second kappa shape index (κ2) is 10.2. The number of nitrogens with zero attached hydrogens (tertiary/aromatic N) is 3. The minimum absolute atomic E-state index is 0.125. The van der Waals surface area contributed by atoms with Crippen molar-refractivity contribution < 1.29 is 19.4 Å². The highest BCUT2D eigenvalue weighted by molar-refractivity contribution is 5.96. The molecule has 0 atom stereocenters. The monoisotopic (exact) mass is 417 g/mol. The fourth-order valence-corrected chi connectivity index (χ4v) is 2.74. The molecule has 3 rings (SSSR count). The van der Waals surface area contributed by atoms with Crippen molar-refractivity contribution in [2.75, 3.05) is 13.7 Å².